The predicted octanol–water partition coefficient (Wildman–Crippen LogP) is -0.367. The first-order chi connectivity index (χ1) is 4.88. The second-order valence-corrected chi connectivity index (χ2v) is 2.79. The maximum absolute atomic E-state index is 5.43. The van der Waals surface area contributed by atoms with Crippen LogP contribution >= 0.6 is 0 Å². The molecular weight excluding hydrogens is 126 g/mol. The van der Waals surface area contributed by atoms with Crippen molar-refractivity contribution in [1.29, 1.82) is 0 Å². The first kappa shape index (κ1) is 7.98. The SMILES string of the molecule is CCCCNC1NC1CN. The van der Waals surface area contributed by atoms with Crippen LogP contribution in [0.3, 0.4) is 0 Å². The van der Waals surface area contributed by atoms with Gasteiger partial charge < -0.3 is 11.1 Å². The van der Waals surface area contributed by atoms with Gasteiger partial charge in [0.25, 0.3) is 0 Å². The first-order valence-electron chi connectivity index (χ1n) is 4.08. The van der Waals surface area contributed by atoms with E-state index in [0.29, 0.717) is 12.2 Å². The lowest BCUT2D eigenvalue weighted by Gasteiger charge is -1.98. The van der Waals surface area contributed by atoms with Gasteiger partial charge in [0.05, 0.1) is 6.17 Å². The van der Waals surface area contributed by atoms with Gasteiger partial charge in [0.1, 0.15) is 0 Å². The zero-order valence-electron chi connectivity index (χ0n) is 6.56. The van der Waals surface area contributed by atoms with Crippen molar-refractivity contribution < 1.29 is 0 Å². The van der Waals surface area contributed by atoms with Crippen LogP contribution in [0.15, 0.2) is 0 Å². The Hall–Kier alpha value is -0.120. The average molecular weight is 143 g/mol. The van der Waals surface area contributed by atoms with E-state index in [1.807, 2.05) is 0 Å². The third kappa shape index (κ3) is 2.25. The lowest BCUT2D eigenvalue weighted by Crippen LogP contribution is -2.24. The fourth-order valence-corrected chi connectivity index (χ4v) is 1.01. The number of hydrogen-bond acceptors (Lipinski definition) is 3. The highest BCUT2D eigenvalue weighted by molar-refractivity contribution is 4.96. The van der Waals surface area contributed by atoms with Gasteiger partial charge in [-0.3, -0.25) is 5.32 Å². The smallest absolute Gasteiger partial charge is 0.0746 e. The highest BCUT2D eigenvalue weighted by Crippen LogP contribution is 2.04. The normalized spacial score (nSPS) is 30.6. The zero-order chi connectivity index (χ0) is 7.40. The van der Waals surface area contributed by atoms with Crippen molar-refractivity contribution in [3.05, 3.63) is 0 Å². The third-order valence-electron chi connectivity index (χ3n) is 1.84. The summed E-state index contributed by atoms with van der Waals surface area (Å²) < 4.78 is 0. The molecule has 0 amide bonds. The number of nitrogens with one attached hydrogen (secondary N) is 2. The van der Waals surface area contributed by atoms with Crippen molar-refractivity contribution in [3.63, 3.8) is 0 Å². The summed E-state index contributed by atoms with van der Waals surface area (Å²) in [7, 11) is 0. The Kier molecular flexibility index (Phi) is 3.12. The van der Waals surface area contributed by atoms with Crippen LogP contribution in [0.25, 0.3) is 0 Å². The molecule has 2 unspecified atom stereocenters. The molecule has 3 heteroatoms. The lowest BCUT2D eigenvalue weighted by molar-refractivity contribution is 0.620. The van der Waals surface area contributed by atoms with Crippen molar-refractivity contribution in [2.24, 2.45) is 5.73 Å². The van der Waals surface area contributed by atoms with E-state index in [1.54, 1.807) is 0 Å². The first-order valence-corrected chi connectivity index (χ1v) is 4.08. The monoisotopic (exact) mass is 143 g/mol. The Labute approximate surface area is 62.4 Å². The standard InChI is InChI=1S/C7H17N3/c1-2-3-4-9-7-6(5-8)10-7/h6-7,9-10H,2-5,8H2,1H3. The molecule has 0 aromatic carbocycles. The molecule has 0 aliphatic carbocycles. The minimum absolute atomic E-state index is 0.511. The summed E-state index contributed by atoms with van der Waals surface area (Å²) in [6, 6.07) is 0.539. The summed E-state index contributed by atoms with van der Waals surface area (Å²) in [6.45, 7) is 4.07. The van der Waals surface area contributed by atoms with E-state index in [-0.39, 0.29) is 0 Å². The van der Waals surface area contributed by atoms with Crippen molar-refractivity contribution in [2.75, 3.05) is 13.1 Å². The van der Waals surface area contributed by atoms with Gasteiger partial charge >= 0.3 is 0 Å². The van der Waals surface area contributed by atoms with Crippen molar-refractivity contribution in [3.8, 4) is 0 Å². The van der Waals surface area contributed by atoms with Gasteiger partial charge in [0, 0.05) is 12.6 Å². The average Bonchev–Trinajstić information content (AvgIpc) is 2.68. The summed E-state index contributed by atoms with van der Waals surface area (Å²) in [5.41, 5.74) is 5.43. The van der Waals surface area contributed by atoms with Crippen LogP contribution in [-0.2, 0) is 0 Å². The fourth-order valence-electron chi connectivity index (χ4n) is 1.01. The highest BCUT2D eigenvalue weighted by atomic mass is 15.3. The molecule has 1 saturated heterocycles. The second kappa shape index (κ2) is 3.91. The largest absolute Gasteiger partial charge is 0.329 e. The Bertz CT molecular complexity index is 94.9. The third-order valence-corrected chi connectivity index (χ3v) is 1.84. The van der Waals surface area contributed by atoms with Gasteiger partial charge in [-0.25, -0.2) is 0 Å². The second-order valence-electron chi connectivity index (χ2n) is 2.79. The van der Waals surface area contributed by atoms with E-state index < -0.39 is 0 Å². The molecule has 1 aliphatic rings. The van der Waals surface area contributed by atoms with E-state index >= 15 is 0 Å². The zero-order valence-corrected chi connectivity index (χ0v) is 6.56. The molecule has 1 fully saturated rings. The topological polar surface area (TPSA) is 60.0 Å². The molecule has 2 atom stereocenters. The minimum atomic E-state index is 0.511. The highest BCUT2D eigenvalue weighted by Gasteiger charge is 2.33. The van der Waals surface area contributed by atoms with E-state index in [0.717, 1.165) is 13.1 Å². The van der Waals surface area contributed by atoms with E-state index in [4.69, 9.17) is 5.73 Å². The van der Waals surface area contributed by atoms with Crippen LogP contribution in [0.5, 0.6) is 0 Å². The van der Waals surface area contributed by atoms with Crippen molar-refractivity contribution >= 4 is 0 Å². The van der Waals surface area contributed by atoms with Gasteiger partial charge in [-0.1, -0.05) is 13.3 Å². The summed E-state index contributed by atoms with van der Waals surface area (Å²) in [5.74, 6) is 0. The molecule has 60 valence electrons. The van der Waals surface area contributed by atoms with Gasteiger partial charge in [-0.2, -0.15) is 0 Å². The van der Waals surface area contributed by atoms with E-state index in [2.05, 4.69) is 17.6 Å². The molecule has 0 aromatic rings. The molecule has 0 saturated carbocycles. The maximum Gasteiger partial charge on any atom is 0.0746 e. The van der Waals surface area contributed by atoms with Crippen molar-refractivity contribution in [1.82, 2.24) is 10.6 Å². The Balaban J connectivity index is 1.87. The minimum Gasteiger partial charge on any atom is -0.329 e. The molecule has 3 nitrogen and oxygen atoms in total. The summed E-state index contributed by atoms with van der Waals surface area (Å²) in [6.07, 6.45) is 3.03. The van der Waals surface area contributed by atoms with Crippen LogP contribution in [0, 0.1) is 0 Å². The van der Waals surface area contributed by atoms with Crippen LogP contribution < -0.4 is 16.4 Å². The van der Waals surface area contributed by atoms with Crippen LogP contribution in [-0.4, -0.2) is 25.3 Å². The molecule has 0 radical (unpaired) electrons. The number of unbranched alkanes of at least 4 members (excludes halogenated alkanes) is 1. The number of nitrogens with two attached hydrogens (primary N) is 1. The maximum atomic E-state index is 5.43. The van der Waals surface area contributed by atoms with E-state index in [9.17, 15) is 0 Å². The van der Waals surface area contributed by atoms with Gasteiger partial charge in [0.2, 0.25) is 0 Å². The lowest BCUT2D eigenvalue weighted by atomic mass is 10.3. The Morgan fingerprint density at radius 1 is 1.60 bits per heavy atom. The number of hydrogen-bond donors (Lipinski definition) is 3. The molecule has 4 N–H and O–H groups in total. The summed E-state index contributed by atoms with van der Waals surface area (Å²) in [5, 5.41) is 6.61. The molecule has 0 aromatic heterocycles. The molecule has 1 heterocycles. The predicted molar refractivity (Wildman–Crippen MR) is 42.7 cm³/mol. The Morgan fingerprint density at radius 3 is 2.90 bits per heavy atom. The Morgan fingerprint density at radius 2 is 2.40 bits per heavy atom. The number of rotatable bonds is 5. The summed E-state index contributed by atoms with van der Waals surface area (Å²) >= 11 is 0. The molecule has 10 heavy (non-hydrogen) atoms. The molecule has 0 bridgehead atoms. The van der Waals surface area contributed by atoms with Gasteiger partial charge in [-0.05, 0) is 13.0 Å². The van der Waals surface area contributed by atoms with Crippen molar-refractivity contribution in [2.45, 2.75) is 32.0 Å². The molecule has 1 rings (SSSR count). The van der Waals surface area contributed by atoms with Crippen LogP contribution in [0.1, 0.15) is 19.8 Å². The fraction of sp³-hybridized carbons (Fsp3) is 1.00. The van der Waals surface area contributed by atoms with Gasteiger partial charge in [0.15, 0.2) is 0 Å². The van der Waals surface area contributed by atoms with Crippen LogP contribution in [0.4, 0.5) is 0 Å². The molecule has 0 spiro atoms. The molecular formula is C7H17N3. The quantitative estimate of drug-likeness (QED) is 0.363. The van der Waals surface area contributed by atoms with E-state index in [1.165, 1.54) is 12.8 Å². The van der Waals surface area contributed by atoms with Gasteiger partial charge in [-0.15, -0.1) is 0 Å². The van der Waals surface area contributed by atoms with Crippen LogP contribution in [0.2, 0.25) is 0 Å². The molecule has 1 aliphatic heterocycles. The summed E-state index contributed by atoms with van der Waals surface area (Å²) in [4.78, 5) is 0.